The van der Waals surface area contributed by atoms with E-state index in [9.17, 15) is 4.79 Å². The van der Waals surface area contributed by atoms with E-state index < -0.39 is 0 Å². The number of halogens is 1. The van der Waals surface area contributed by atoms with Crippen molar-refractivity contribution in [2.45, 2.75) is 44.0 Å². The molecule has 1 aliphatic rings. The van der Waals surface area contributed by atoms with Crippen LogP contribution in [0.2, 0.25) is 0 Å². The van der Waals surface area contributed by atoms with E-state index in [4.69, 9.17) is 16.0 Å². The van der Waals surface area contributed by atoms with E-state index in [1.807, 2.05) is 25.1 Å². The zero-order chi connectivity index (χ0) is 14.1. The third kappa shape index (κ3) is 2.68. The van der Waals surface area contributed by atoms with Crippen molar-refractivity contribution < 1.29 is 9.21 Å². The molecule has 0 aliphatic heterocycles. The van der Waals surface area contributed by atoms with E-state index in [1.54, 1.807) is 6.07 Å². The predicted molar refractivity (Wildman–Crippen MR) is 80.3 cm³/mol. The Morgan fingerprint density at radius 2 is 2.10 bits per heavy atom. The SMILES string of the molecule is Cc1ccc2oc(C(=O)NC3CCCCC3Cl)cc2c1. The van der Waals surface area contributed by atoms with E-state index in [0.717, 1.165) is 42.2 Å². The van der Waals surface area contributed by atoms with Gasteiger partial charge in [-0.05, 0) is 38.0 Å². The third-order valence-corrected chi connectivity index (χ3v) is 4.42. The Labute approximate surface area is 123 Å². The Morgan fingerprint density at radius 3 is 2.90 bits per heavy atom. The van der Waals surface area contributed by atoms with Crippen LogP contribution < -0.4 is 5.32 Å². The lowest BCUT2D eigenvalue weighted by molar-refractivity contribution is 0.0902. The number of nitrogens with one attached hydrogen (secondary N) is 1. The third-order valence-electron chi connectivity index (χ3n) is 3.89. The van der Waals surface area contributed by atoms with Crippen molar-refractivity contribution in [1.29, 1.82) is 0 Å². The molecule has 3 rings (SSSR count). The van der Waals surface area contributed by atoms with Crippen LogP contribution in [0.5, 0.6) is 0 Å². The second-order valence-electron chi connectivity index (χ2n) is 5.53. The van der Waals surface area contributed by atoms with Crippen molar-refractivity contribution in [3.05, 3.63) is 35.6 Å². The summed E-state index contributed by atoms with van der Waals surface area (Å²) in [4.78, 5) is 12.2. The van der Waals surface area contributed by atoms with Gasteiger partial charge in [-0.25, -0.2) is 0 Å². The molecule has 1 aromatic carbocycles. The first-order valence-corrected chi connectivity index (χ1v) is 7.52. The van der Waals surface area contributed by atoms with Gasteiger partial charge in [0.05, 0.1) is 5.38 Å². The summed E-state index contributed by atoms with van der Waals surface area (Å²) < 4.78 is 5.61. The number of hydrogen-bond acceptors (Lipinski definition) is 2. The molecule has 1 amide bonds. The van der Waals surface area contributed by atoms with Crippen LogP contribution in [0.1, 0.15) is 41.8 Å². The number of carbonyl (C=O) groups excluding carboxylic acids is 1. The van der Waals surface area contributed by atoms with Crippen LogP contribution in [0, 0.1) is 6.92 Å². The summed E-state index contributed by atoms with van der Waals surface area (Å²) in [6.45, 7) is 2.02. The normalized spacial score (nSPS) is 22.9. The number of hydrogen-bond donors (Lipinski definition) is 1. The van der Waals surface area contributed by atoms with E-state index >= 15 is 0 Å². The first-order chi connectivity index (χ1) is 9.63. The molecule has 0 saturated heterocycles. The minimum atomic E-state index is -0.170. The van der Waals surface area contributed by atoms with Gasteiger partial charge in [0.1, 0.15) is 5.58 Å². The number of amides is 1. The average Bonchev–Trinajstić information content (AvgIpc) is 2.84. The quantitative estimate of drug-likeness (QED) is 0.849. The Balaban J connectivity index is 1.78. The fraction of sp³-hybridized carbons (Fsp3) is 0.438. The van der Waals surface area contributed by atoms with Gasteiger partial charge >= 0.3 is 0 Å². The predicted octanol–water partition coefficient (Wildman–Crippen LogP) is 4.02. The van der Waals surface area contributed by atoms with E-state index in [0.29, 0.717) is 5.76 Å². The summed E-state index contributed by atoms with van der Waals surface area (Å²) in [7, 11) is 0. The van der Waals surface area contributed by atoms with E-state index in [2.05, 4.69) is 5.32 Å². The van der Waals surface area contributed by atoms with Crippen LogP contribution in [0.3, 0.4) is 0 Å². The van der Waals surface area contributed by atoms with Gasteiger partial charge in [-0.2, -0.15) is 0 Å². The summed E-state index contributed by atoms with van der Waals surface area (Å²) in [6.07, 6.45) is 4.17. The molecule has 3 nitrogen and oxygen atoms in total. The van der Waals surface area contributed by atoms with Gasteiger partial charge in [0.25, 0.3) is 5.91 Å². The van der Waals surface area contributed by atoms with Crippen molar-refractivity contribution in [3.8, 4) is 0 Å². The fourth-order valence-corrected chi connectivity index (χ4v) is 3.11. The first-order valence-electron chi connectivity index (χ1n) is 7.08. The number of rotatable bonds is 2. The fourth-order valence-electron chi connectivity index (χ4n) is 2.76. The van der Waals surface area contributed by atoms with Crippen molar-refractivity contribution in [1.82, 2.24) is 5.32 Å². The molecular formula is C16H18ClNO2. The van der Waals surface area contributed by atoms with Gasteiger partial charge < -0.3 is 9.73 Å². The van der Waals surface area contributed by atoms with Gasteiger partial charge in [0, 0.05) is 11.4 Å². The highest BCUT2D eigenvalue weighted by Crippen LogP contribution is 2.24. The first kappa shape index (κ1) is 13.5. The minimum absolute atomic E-state index is 0.0272. The largest absolute Gasteiger partial charge is 0.451 e. The molecule has 2 aromatic rings. The molecule has 1 aliphatic carbocycles. The highest BCUT2D eigenvalue weighted by molar-refractivity contribution is 6.21. The summed E-state index contributed by atoms with van der Waals surface area (Å²) in [5, 5.41) is 3.98. The molecule has 2 atom stereocenters. The summed E-state index contributed by atoms with van der Waals surface area (Å²) in [5.41, 5.74) is 1.89. The highest BCUT2D eigenvalue weighted by atomic mass is 35.5. The second-order valence-corrected chi connectivity index (χ2v) is 6.09. The number of fused-ring (bicyclic) bond motifs is 1. The zero-order valence-corrected chi connectivity index (χ0v) is 12.2. The lowest BCUT2D eigenvalue weighted by Gasteiger charge is -2.27. The van der Waals surface area contributed by atoms with Gasteiger partial charge in [0.2, 0.25) is 0 Å². The van der Waals surface area contributed by atoms with Crippen molar-refractivity contribution in [2.75, 3.05) is 0 Å². The Hall–Kier alpha value is -1.48. The summed E-state index contributed by atoms with van der Waals surface area (Å²) in [6, 6.07) is 7.73. The van der Waals surface area contributed by atoms with Crippen LogP contribution in [0.25, 0.3) is 11.0 Å². The Kier molecular flexibility index (Phi) is 3.70. The maximum absolute atomic E-state index is 12.2. The Morgan fingerprint density at radius 1 is 1.30 bits per heavy atom. The second kappa shape index (κ2) is 5.49. The maximum atomic E-state index is 12.2. The highest BCUT2D eigenvalue weighted by Gasteiger charge is 2.26. The number of carbonyl (C=O) groups is 1. The number of furan rings is 1. The number of benzene rings is 1. The van der Waals surface area contributed by atoms with Gasteiger partial charge in [-0.3, -0.25) is 4.79 Å². The molecule has 1 N–H and O–H groups in total. The standard InChI is InChI=1S/C16H18ClNO2/c1-10-6-7-14-11(8-10)9-15(20-14)16(19)18-13-5-3-2-4-12(13)17/h6-9,12-13H,2-5H2,1H3,(H,18,19). The topological polar surface area (TPSA) is 42.2 Å². The molecule has 0 bridgehead atoms. The molecule has 2 unspecified atom stereocenters. The van der Waals surface area contributed by atoms with Crippen molar-refractivity contribution in [2.24, 2.45) is 0 Å². The number of alkyl halides is 1. The van der Waals surface area contributed by atoms with E-state index in [-0.39, 0.29) is 17.3 Å². The van der Waals surface area contributed by atoms with Crippen molar-refractivity contribution >= 4 is 28.5 Å². The minimum Gasteiger partial charge on any atom is -0.451 e. The molecule has 0 spiro atoms. The molecular weight excluding hydrogens is 274 g/mol. The molecule has 106 valence electrons. The molecule has 1 heterocycles. The summed E-state index contributed by atoms with van der Waals surface area (Å²) in [5.74, 6) is 0.191. The Bertz CT molecular complexity index is 634. The maximum Gasteiger partial charge on any atom is 0.287 e. The molecule has 1 saturated carbocycles. The summed E-state index contributed by atoms with van der Waals surface area (Å²) >= 11 is 6.27. The molecule has 1 aromatic heterocycles. The zero-order valence-electron chi connectivity index (χ0n) is 11.5. The van der Waals surface area contributed by atoms with Crippen LogP contribution in [-0.2, 0) is 0 Å². The molecule has 4 heteroatoms. The van der Waals surface area contributed by atoms with Gasteiger partial charge in [-0.15, -0.1) is 11.6 Å². The monoisotopic (exact) mass is 291 g/mol. The average molecular weight is 292 g/mol. The van der Waals surface area contributed by atoms with E-state index in [1.165, 1.54) is 0 Å². The molecule has 0 radical (unpaired) electrons. The van der Waals surface area contributed by atoms with Crippen LogP contribution in [0.4, 0.5) is 0 Å². The van der Waals surface area contributed by atoms with Crippen LogP contribution in [0.15, 0.2) is 28.7 Å². The molecule has 20 heavy (non-hydrogen) atoms. The van der Waals surface area contributed by atoms with Crippen LogP contribution >= 0.6 is 11.6 Å². The van der Waals surface area contributed by atoms with Crippen molar-refractivity contribution in [3.63, 3.8) is 0 Å². The van der Waals surface area contributed by atoms with Gasteiger partial charge in [0.15, 0.2) is 5.76 Å². The number of aryl methyl sites for hydroxylation is 1. The lowest BCUT2D eigenvalue weighted by atomic mass is 9.95. The smallest absolute Gasteiger partial charge is 0.287 e. The van der Waals surface area contributed by atoms with Gasteiger partial charge in [-0.1, -0.05) is 24.5 Å². The lowest BCUT2D eigenvalue weighted by Crippen LogP contribution is -2.42. The molecule has 1 fully saturated rings. The van der Waals surface area contributed by atoms with Crippen LogP contribution in [-0.4, -0.2) is 17.3 Å².